The maximum atomic E-state index is 12.7. The zero-order chi connectivity index (χ0) is 18.5. The van der Waals surface area contributed by atoms with Crippen molar-refractivity contribution in [3.05, 3.63) is 48.2 Å². The predicted molar refractivity (Wildman–Crippen MR) is 105 cm³/mol. The number of rotatable bonds is 4. The average Bonchev–Trinajstić information content (AvgIpc) is 2.84. The Kier molecular flexibility index (Phi) is 6.21. The number of anilines is 1. The highest BCUT2D eigenvalue weighted by Crippen LogP contribution is 2.37. The first-order valence-electron chi connectivity index (χ1n) is 8.32. The largest absolute Gasteiger partial charge is 0.452 e. The molecule has 136 valence electrons. The number of thioether (sulfide) groups is 2. The van der Waals surface area contributed by atoms with Crippen LogP contribution in [-0.4, -0.2) is 41.5 Å². The smallest absolute Gasteiger partial charge is 0.341 e. The molecule has 7 heteroatoms. The van der Waals surface area contributed by atoms with E-state index in [0.717, 1.165) is 17.0 Å². The summed E-state index contributed by atoms with van der Waals surface area (Å²) in [6, 6.07) is 11.2. The molecule has 1 aromatic heterocycles. The SMILES string of the molecule is CSc1ncccc1C(=O)OCC(=O)N1CC[C@@H](C)Sc2ccccc21. The minimum absolute atomic E-state index is 0.213. The van der Waals surface area contributed by atoms with Crippen molar-refractivity contribution in [1.82, 2.24) is 4.98 Å². The van der Waals surface area contributed by atoms with Crippen LogP contribution in [0.3, 0.4) is 0 Å². The molecule has 0 saturated heterocycles. The van der Waals surface area contributed by atoms with Crippen LogP contribution < -0.4 is 4.90 Å². The number of amides is 1. The van der Waals surface area contributed by atoms with Gasteiger partial charge >= 0.3 is 5.97 Å². The van der Waals surface area contributed by atoms with Crippen LogP contribution in [0.15, 0.2) is 52.5 Å². The molecule has 26 heavy (non-hydrogen) atoms. The van der Waals surface area contributed by atoms with Crippen molar-refractivity contribution in [2.75, 3.05) is 24.3 Å². The van der Waals surface area contributed by atoms with E-state index in [1.807, 2.05) is 30.5 Å². The molecule has 2 heterocycles. The van der Waals surface area contributed by atoms with E-state index in [0.29, 0.717) is 22.4 Å². The quantitative estimate of drug-likeness (QED) is 0.585. The molecule has 0 spiro atoms. The lowest BCUT2D eigenvalue weighted by Crippen LogP contribution is -2.35. The van der Waals surface area contributed by atoms with Gasteiger partial charge in [0.2, 0.25) is 0 Å². The van der Waals surface area contributed by atoms with Crippen molar-refractivity contribution in [2.45, 2.75) is 28.5 Å². The van der Waals surface area contributed by atoms with Gasteiger partial charge in [-0.25, -0.2) is 9.78 Å². The van der Waals surface area contributed by atoms with Crippen molar-refractivity contribution in [3.63, 3.8) is 0 Å². The first-order valence-corrected chi connectivity index (χ1v) is 10.4. The molecule has 1 atom stereocenters. The maximum Gasteiger partial charge on any atom is 0.341 e. The van der Waals surface area contributed by atoms with Crippen LogP contribution in [-0.2, 0) is 9.53 Å². The molecule has 0 N–H and O–H groups in total. The number of carbonyl (C=O) groups excluding carboxylic acids is 2. The number of esters is 1. The van der Waals surface area contributed by atoms with Crippen LogP contribution in [0.4, 0.5) is 5.69 Å². The molecule has 3 rings (SSSR count). The molecule has 0 aliphatic carbocycles. The third-order valence-corrected chi connectivity index (χ3v) is 6.00. The number of ether oxygens (including phenoxy) is 1. The summed E-state index contributed by atoms with van der Waals surface area (Å²) in [7, 11) is 0. The second-order valence-corrected chi connectivity index (χ2v) is 8.14. The van der Waals surface area contributed by atoms with Crippen LogP contribution >= 0.6 is 23.5 Å². The van der Waals surface area contributed by atoms with Crippen LogP contribution in [0.5, 0.6) is 0 Å². The Hall–Kier alpha value is -1.99. The van der Waals surface area contributed by atoms with Crippen molar-refractivity contribution in [2.24, 2.45) is 0 Å². The monoisotopic (exact) mass is 388 g/mol. The van der Waals surface area contributed by atoms with Crippen molar-refractivity contribution in [1.29, 1.82) is 0 Å². The van der Waals surface area contributed by atoms with E-state index in [4.69, 9.17) is 4.74 Å². The summed E-state index contributed by atoms with van der Waals surface area (Å²) < 4.78 is 5.28. The number of aromatic nitrogens is 1. The van der Waals surface area contributed by atoms with E-state index in [1.54, 1.807) is 35.0 Å². The topological polar surface area (TPSA) is 59.5 Å². The molecule has 0 fully saturated rings. The summed E-state index contributed by atoms with van der Waals surface area (Å²) in [5.41, 5.74) is 1.27. The zero-order valence-electron chi connectivity index (χ0n) is 14.7. The Morgan fingerprint density at radius 1 is 1.31 bits per heavy atom. The molecule has 0 saturated carbocycles. The molecule has 0 radical (unpaired) electrons. The van der Waals surface area contributed by atoms with Gasteiger partial charge in [-0.15, -0.1) is 23.5 Å². The Bertz CT molecular complexity index is 813. The van der Waals surface area contributed by atoms with Gasteiger partial charge in [-0.3, -0.25) is 4.79 Å². The van der Waals surface area contributed by atoms with Crippen molar-refractivity contribution in [3.8, 4) is 0 Å². The standard InChI is InChI=1S/C19H20N2O3S2/c1-13-9-11-21(15-7-3-4-8-16(15)26-13)17(22)12-24-19(23)14-6-5-10-20-18(14)25-2/h3-8,10,13H,9,11-12H2,1-2H3/t13-/m1/s1. The van der Waals surface area contributed by atoms with Gasteiger partial charge in [-0.2, -0.15) is 0 Å². The van der Waals surface area contributed by atoms with Crippen LogP contribution in [0.25, 0.3) is 0 Å². The highest BCUT2D eigenvalue weighted by atomic mass is 32.2. The number of nitrogens with zero attached hydrogens (tertiary/aromatic N) is 2. The molecule has 1 aliphatic heterocycles. The van der Waals surface area contributed by atoms with Gasteiger partial charge in [0, 0.05) is 22.9 Å². The van der Waals surface area contributed by atoms with E-state index >= 15 is 0 Å². The molecule has 0 unspecified atom stereocenters. The van der Waals surface area contributed by atoms with Gasteiger partial charge in [0.25, 0.3) is 5.91 Å². The molecule has 1 amide bonds. The highest BCUT2D eigenvalue weighted by molar-refractivity contribution is 8.00. The number of fused-ring (bicyclic) bond motifs is 1. The van der Waals surface area contributed by atoms with Gasteiger partial charge in [-0.1, -0.05) is 19.1 Å². The van der Waals surface area contributed by atoms with E-state index in [9.17, 15) is 9.59 Å². The second-order valence-electron chi connectivity index (χ2n) is 5.87. The van der Waals surface area contributed by atoms with Crippen LogP contribution in [0.2, 0.25) is 0 Å². The Labute approximate surface area is 161 Å². The third-order valence-electron chi connectivity index (χ3n) is 4.06. The van der Waals surface area contributed by atoms with Gasteiger partial charge in [0.15, 0.2) is 6.61 Å². The Morgan fingerprint density at radius 3 is 2.92 bits per heavy atom. The molecular formula is C19H20N2O3S2. The fraction of sp³-hybridized carbons (Fsp3) is 0.316. The van der Waals surface area contributed by atoms with Gasteiger partial charge in [0.1, 0.15) is 5.03 Å². The Balaban J connectivity index is 1.71. The molecule has 2 aromatic rings. The Morgan fingerprint density at radius 2 is 2.12 bits per heavy atom. The highest BCUT2D eigenvalue weighted by Gasteiger charge is 2.25. The first kappa shape index (κ1) is 18.8. The summed E-state index contributed by atoms with van der Waals surface area (Å²) in [5, 5.41) is 1.02. The van der Waals surface area contributed by atoms with Crippen molar-refractivity contribution < 1.29 is 14.3 Å². The van der Waals surface area contributed by atoms with E-state index in [1.165, 1.54) is 11.8 Å². The van der Waals surface area contributed by atoms with Crippen molar-refractivity contribution >= 4 is 41.1 Å². The van der Waals surface area contributed by atoms with Gasteiger partial charge in [0.05, 0.1) is 11.3 Å². The molecule has 5 nitrogen and oxygen atoms in total. The summed E-state index contributed by atoms with van der Waals surface area (Å²) in [6.07, 6.45) is 4.36. The maximum absolute atomic E-state index is 12.7. The third kappa shape index (κ3) is 4.22. The number of hydrogen-bond donors (Lipinski definition) is 0. The summed E-state index contributed by atoms with van der Waals surface area (Å²) >= 11 is 3.14. The summed E-state index contributed by atoms with van der Waals surface area (Å²) in [4.78, 5) is 32.0. The average molecular weight is 389 g/mol. The van der Waals surface area contributed by atoms with E-state index in [-0.39, 0.29) is 12.5 Å². The van der Waals surface area contributed by atoms with E-state index in [2.05, 4.69) is 11.9 Å². The predicted octanol–water partition coefficient (Wildman–Crippen LogP) is 3.88. The van der Waals surface area contributed by atoms with Gasteiger partial charge < -0.3 is 9.64 Å². The fourth-order valence-corrected chi connectivity index (χ4v) is 4.39. The van der Waals surface area contributed by atoms with Crippen LogP contribution in [0.1, 0.15) is 23.7 Å². The molecule has 1 aliphatic rings. The minimum Gasteiger partial charge on any atom is -0.452 e. The molecule has 0 bridgehead atoms. The number of hydrogen-bond acceptors (Lipinski definition) is 6. The normalized spacial score (nSPS) is 16.5. The minimum atomic E-state index is -0.526. The number of carbonyl (C=O) groups is 2. The lowest BCUT2D eigenvalue weighted by Gasteiger charge is -2.22. The number of pyridine rings is 1. The first-order chi connectivity index (χ1) is 12.6. The lowest BCUT2D eigenvalue weighted by molar-refractivity contribution is -0.121. The number of benzene rings is 1. The fourth-order valence-electron chi connectivity index (χ4n) is 2.74. The summed E-state index contributed by atoms with van der Waals surface area (Å²) in [5.74, 6) is -0.739. The second kappa shape index (κ2) is 8.60. The zero-order valence-corrected chi connectivity index (χ0v) is 16.3. The molecular weight excluding hydrogens is 368 g/mol. The van der Waals surface area contributed by atoms with Gasteiger partial charge in [-0.05, 0) is 36.9 Å². The molecule has 1 aromatic carbocycles. The van der Waals surface area contributed by atoms with Crippen LogP contribution in [0, 0.1) is 0 Å². The lowest BCUT2D eigenvalue weighted by atomic mass is 10.2. The summed E-state index contributed by atoms with van der Waals surface area (Å²) in [6.45, 7) is 2.49. The number of para-hydroxylation sites is 1. The van der Waals surface area contributed by atoms with E-state index < -0.39 is 5.97 Å².